The van der Waals surface area contributed by atoms with Crippen LogP contribution in [0.5, 0.6) is 11.5 Å². The summed E-state index contributed by atoms with van der Waals surface area (Å²) < 4.78 is 41.7. The van der Waals surface area contributed by atoms with Crippen LogP contribution in [0.4, 0.5) is 0 Å². The number of fused-ring (bicyclic) bond motifs is 1. The first-order chi connectivity index (χ1) is 14.5. The average molecular weight is 452 g/mol. The highest BCUT2D eigenvalue weighted by atomic mass is 31.2. The highest BCUT2D eigenvalue weighted by Gasteiger charge is 2.58. The van der Waals surface area contributed by atoms with Gasteiger partial charge in [0.2, 0.25) is 0 Å². The Kier molecular flexibility index (Phi) is 5.49. The van der Waals surface area contributed by atoms with Gasteiger partial charge in [-0.2, -0.15) is 0 Å². The maximum atomic E-state index is 13.2. The first kappa shape index (κ1) is 22.7. The lowest BCUT2D eigenvalue weighted by Gasteiger charge is -2.40. The van der Waals surface area contributed by atoms with Crippen LogP contribution in [0.15, 0.2) is 30.0 Å². The van der Waals surface area contributed by atoms with E-state index in [1.807, 2.05) is 33.8 Å². The van der Waals surface area contributed by atoms with Crippen LogP contribution in [0.2, 0.25) is 0 Å². The molecule has 2 fully saturated rings. The summed E-state index contributed by atoms with van der Waals surface area (Å²) in [6.45, 7) is 8.46. The number of rotatable bonds is 5. The smallest absolute Gasteiger partial charge is 0.493 e. The van der Waals surface area contributed by atoms with E-state index in [1.54, 1.807) is 14.2 Å². The molecule has 2 heterocycles. The number of phosphoric ester groups is 1. The van der Waals surface area contributed by atoms with Crippen molar-refractivity contribution in [2.75, 3.05) is 27.8 Å². The Morgan fingerprint density at radius 1 is 1.03 bits per heavy atom. The molecule has 172 valence electrons. The third-order valence-electron chi connectivity index (χ3n) is 7.43. The van der Waals surface area contributed by atoms with Crippen molar-refractivity contribution in [1.29, 1.82) is 0 Å². The summed E-state index contributed by atoms with van der Waals surface area (Å²) in [6.07, 6.45) is 4.66. The molecule has 0 N–H and O–H groups in total. The number of likely N-dealkylation sites (N-methyl/N-ethyl adjacent to an activating group) is 1. The van der Waals surface area contributed by atoms with Crippen LogP contribution in [0.3, 0.4) is 0 Å². The molecule has 3 aliphatic rings. The molecule has 1 aromatic carbocycles. The van der Waals surface area contributed by atoms with E-state index in [1.165, 1.54) is 5.56 Å². The molecule has 7 nitrogen and oxygen atoms in total. The van der Waals surface area contributed by atoms with Crippen LogP contribution < -0.4 is 9.47 Å². The van der Waals surface area contributed by atoms with Crippen molar-refractivity contribution in [3.63, 3.8) is 0 Å². The molecule has 31 heavy (non-hydrogen) atoms. The van der Waals surface area contributed by atoms with Gasteiger partial charge in [0, 0.05) is 17.9 Å². The number of methoxy groups -OCH3 is 2. The largest absolute Gasteiger partial charge is 0.530 e. The summed E-state index contributed by atoms with van der Waals surface area (Å²) in [6, 6.07) is 6.30. The normalized spacial score (nSPS) is 31.1. The van der Waals surface area contributed by atoms with Gasteiger partial charge in [0.05, 0.1) is 14.2 Å². The Hall–Kier alpha value is -1.53. The molecule has 0 spiro atoms. The number of ether oxygens (including phenoxy) is 2. The predicted octanol–water partition coefficient (Wildman–Crippen LogP) is 5.05. The van der Waals surface area contributed by atoms with E-state index < -0.39 is 19.0 Å². The van der Waals surface area contributed by atoms with E-state index in [0.717, 1.165) is 30.9 Å². The van der Waals surface area contributed by atoms with Gasteiger partial charge in [-0.1, -0.05) is 6.07 Å². The lowest BCUT2D eigenvalue weighted by Crippen LogP contribution is -2.42. The third kappa shape index (κ3) is 3.70. The van der Waals surface area contributed by atoms with E-state index in [4.69, 9.17) is 23.0 Å². The first-order valence-electron chi connectivity index (χ1n) is 10.8. The van der Waals surface area contributed by atoms with Crippen molar-refractivity contribution in [3.8, 4) is 11.5 Å². The highest BCUT2D eigenvalue weighted by molar-refractivity contribution is 7.49. The van der Waals surface area contributed by atoms with Crippen LogP contribution in [-0.4, -0.2) is 50.0 Å². The molecule has 1 aliphatic carbocycles. The van der Waals surface area contributed by atoms with E-state index in [2.05, 4.69) is 30.2 Å². The Bertz CT molecular complexity index is 922. The molecule has 2 aliphatic heterocycles. The zero-order valence-electron chi connectivity index (χ0n) is 19.6. The van der Waals surface area contributed by atoms with Crippen molar-refractivity contribution in [1.82, 2.24) is 4.90 Å². The number of likely N-dealkylation sites (tertiary alicyclic amines) is 1. The Morgan fingerprint density at radius 2 is 1.68 bits per heavy atom. The zero-order valence-corrected chi connectivity index (χ0v) is 20.5. The van der Waals surface area contributed by atoms with Gasteiger partial charge in [0.25, 0.3) is 0 Å². The number of allylic oxidation sites excluding steroid dienone is 1. The quantitative estimate of drug-likeness (QED) is 0.580. The number of hydrogen-bond acceptors (Lipinski definition) is 7. The number of nitrogens with zero attached hydrogens (tertiary/aromatic N) is 1. The Morgan fingerprint density at radius 3 is 2.29 bits per heavy atom. The number of phosphoric acid groups is 1. The van der Waals surface area contributed by atoms with Gasteiger partial charge < -0.3 is 14.0 Å². The SMILES string of the molecule is COc1ccc(C23CCC(OP4(=O)OC(C)(C)C(C)(C)O4)=CC2N(C)CC3)cc1OC. The fraction of sp³-hybridized carbons (Fsp3) is 0.652. The maximum absolute atomic E-state index is 13.2. The maximum Gasteiger partial charge on any atom is 0.530 e. The molecule has 4 rings (SSSR count). The van der Waals surface area contributed by atoms with Gasteiger partial charge in [0.15, 0.2) is 11.5 Å². The Labute approximate surface area is 185 Å². The second-order valence-corrected chi connectivity index (χ2v) is 11.2. The first-order valence-corrected chi connectivity index (χ1v) is 12.3. The summed E-state index contributed by atoms with van der Waals surface area (Å²) >= 11 is 0. The van der Waals surface area contributed by atoms with Crippen molar-refractivity contribution in [3.05, 3.63) is 35.6 Å². The van der Waals surface area contributed by atoms with Crippen molar-refractivity contribution >= 4 is 7.82 Å². The van der Waals surface area contributed by atoms with Crippen LogP contribution in [0.1, 0.15) is 52.5 Å². The molecule has 2 atom stereocenters. The third-order valence-corrected chi connectivity index (χ3v) is 9.25. The van der Waals surface area contributed by atoms with E-state index in [0.29, 0.717) is 12.2 Å². The van der Waals surface area contributed by atoms with Gasteiger partial charge in [-0.25, -0.2) is 4.57 Å². The minimum atomic E-state index is -3.68. The number of hydrogen-bond donors (Lipinski definition) is 0. The average Bonchev–Trinajstić information content (AvgIpc) is 3.11. The fourth-order valence-corrected chi connectivity index (χ4v) is 7.02. The van der Waals surface area contributed by atoms with Gasteiger partial charge >= 0.3 is 7.82 Å². The monoisotopic (exact) mass is 451 g/mol. The van der Waals surface area contributed by atoms with E-state index in [-0.39, 0.29) is 11.5 Å². The summed E-state index contributed by atoms with van der Waals surface area (Å²) in [5.41, 5.74) is -0.251. The minimum absolute atomic E-state index is 0.0639. The molecule has 0 saturated carbocycles. The van der Waals surface area contributed by atoms with Gasteiger partial charge in [-0.05, 0) is 77.9 Å². The molecule has 0 radical (unpaired) electrons. The minimum Gasteiger partial charge on any atom is -0.493 e. The summed E-state index contributed by atoms with van der Waals surface area (Å²) in [5, 5.41) is 0. The lowest BCUT2D eigenvalue weighted by molar-refractivity contribution is 0.00578. The molecule has 8 heteroatoms. The predicted molar refractivity (Wildman–Crippen MR) is 119 cm³/mol. The lowest BCUT2D eigenvalue weighted by atomic mass is 9.68. The molecule has 1 aromatic rings. The van der Waals surface area contributed by atoms with E-state index >= 15 is 0 Å². The van der Waals surface area contributed by atoms with Crippen LogP contribution in [0.25, 0.3) is 0 Å². The summed E-state index contributed by atoms with van der Waals surface area (Å²) in [7, 11) is 1.74. The van der Waals surface area contributed by atoms with Crippen LogP contribution >= 0.6 is 7.82 Å². The molecular weight excluding hydrogens is 417 g/mol. The fourth-order valence-electron chi connectivity index (χ4n) is 4.91. The summed E-state index contributed by atoms with van der Waals surface area (Å²) in [4.78, 5) is 2.32. The van der Waals surface area contributed by atoms with Crippen LogP contribution in [0, 0.1) is 0 Å². The second-order valence-electron chi connectivity index (χ2n) is 9.78. The van der Waals surface area contributed by atoms with Gasteiger partial charge in [0.1, 0.15) is 17.0 Å². The standard InChI is InChI=1S/C23H34NO6P/c1-21(2)22(3,4)30-31(25,29-21)28-17-10-11-23(12-13-24(5)20(23)15-17)16-8-9-18(26-6)19(14-16)27-7/h8-9,14-15,20H,10-13H2,1-7H3. The molecule has 2 unspecified atom stereocenters. The van der Waals surface area contributed by atoms with Crippen LogP contribution in [-0.2, 0) is 23.6 Å². The Balaban J connectivity index is 1.63. The number of benzene rings is 1. The molecule has 0 bridgehead atoms. The van der Waals surface area contributed by atoms with E-state index in [9.17, 15) is 4.57 Å². The van der Waals surface area contributed by atoms with Gasteiger partial charge in [-0.15, -0.1) is 0 Å². The zero-order chi connectivity index (χ0) is 22.7. The summed E-state index contributed by atoms with van der Waals surface area (Å²) in [5.74, 6) is 2.13. The van der Waals surface area contributed by atoms with Gasteiger partial charge in [-0.3, -0.25) is 13.9 Å². The molecular formula is C23H34NO6P. The van der Waals surface area contributed by atoms with Crippen molar-refractivity contribution in [2.45, 2.75) is 69.6 Å². The molecule has 0 amide bonds. The molecule has 2 saturated heterocycles. The topological polar surface area (TPSA) is 66.5 Å². The molecule has 0 aromatic heterocycles. The highest BCUT2D eigenvalue weighted by Crippen LogP contribution is 2.66. The van der Waals surface area contributed by atoms with Crippen molar-refractivity contribution in [2.24, 2.45) is 0 Å². The second kappa shape index (κ2) is 7.51. The van der Waals surface area contributed by atoms with Crippen molar-refractivity contribution < 1.29 is 27.6 Å².